The lowest BCUT2D eigenvalue weighted by molar-refractivity contribution is 0.0954. The van der Waals surface area contributed by atoms with E-state index in [0.717, 1.165) is 16.9 Å². The fourth-order valence-corrected chi connectivity index (χ4v) is 2.58. The second kappa shape index (κ2) is 7.01. The number of fused-ring (bicyclic) bond motifs is 1. The summed E-state index contributed by atoms with van der Waals surface area (Å²) in [6.45, 7) is 5.69. The molecule has 1 aromatic carbocycles. The van der Waals surface area contributed by atoms with Crippen LogP contribution in [0.15, 0.2) is 18.2 Å². The van der Waals surface area contributed by atoms with Crippen LogP contribution in [-0.2, 0) is 10.0 Å². The van der Waals surface area contributed by atoms with Gasteiger partial charge in [0.05, 0.1) is 28.2 Å². The van der Waals surface area contributed by atoms with Gasteiger partial charge in [0.2, 0.25) is 10.0 Å². The van der Waals surface area contributed by atoms with Crippen LogP contribution in [0.3, 0.4) is 0 Å². The summed E-state index contributed by atoms with van der Waals surface area (Å²) in [5, 5.41) is 2.67. The summed E-state index contributed by atoms with van der Waals surface area (Å²) in [5.41, 5.74) is 3.54. The van der Waals surface area contributed by atoms with Crippen molar-refractivity contribution in [3.8, 4) is 0 Å². The van der Waals surface area contributed by atoms with E-state index in [1.165, 1.54) is 0 Å². The number of nitrogens with one attached hydrogen (secondary N) is 2. The Hall–Kier alpha value is -2.06. The highest BCUT2D eigenvalue weighted by atomic mass is 32.2. The standard InChI is InChI=1S/C15H20N4O3S/c1-4-23(21,22)17-8-7-16-15(20)12-5-6-13-14(9-12)19-11(3)10(2)18-13/h5-6,9,17H,4,7-8H2,1-3H3,(H,16,20). The molecule has 1 heterocycles. The molecule has 0 radical (unpaired) electrons. The van der Waals surface area contributed by atoms with E-state index >= 15 is 0 Å². The van der Waals surface area contributed by atoms with Crippen molar-refractivity contribution in [3.05, 3.63) is 35.2 Å². The summed E-state index contributed by atoms with van der Waals surface area (Å²) in [5.74, 6) is -0.258. The zero-order chi connectivity index (χ0) is 17.0. The Morgan fingerprint density at radius 3 is 2.39 bits per heavy atom. The van der Waals surface area contributed by atoms with Gasteiger partial charge in [0.25, 0.3) is 5.91 Å². The third kappa shape index (κ3) is 4.46. The summed E-state index contributed by atoms with van der Waals surface area (Å²) in [6, 6.07) is 5.11. The summed E-state index contributed by atoms with van der Waals surface area (Å²) in [4.78, 5) is 20.9. The molecule has 0 bridgehead atoms. The van der Waals surface area contributed by atoms with Crippen molar-refractivity contribution in [3.63, 3.8) is 0 Å². The summed E-state index contributed by atoms with van der Waals surface area (Å²) < 4.78 is 25.0. The van der Waals surface area contributed by atoms with Gasteiger partial charge in [-0.25, -0.2) is 23.1 Å². The number of benzene rings is 1. The third-order valence-electron chi connectivity index (χ3n) is 3.45. The Kier molecular flexibility index (Phi) is 5.27. The molecule has 1 aromatic heterocycles. The van der Waals surface area contributed by atoms with Crippen molar-refractivity contribution in [1.82, 2.24) is 20.0 Å². The fraction of sp³-hybridized carbons (Fsp3) is 0.400. The van der Waals surface area contributed by atoms with Gasteiger partial charge in [-0.3, -0.25) is 4.79 Å². The van der Waals surface area contributed by atoms with E-state index in [2.05, 4.69) is 20.0 Å². The van der Waals surface area contributed by atoms with E-state index in [9.17, 15) is 13.2 Å². The Balaban J connectivity index is 2.02. The molecule has 0 unspecified atom stereocenters. The van der Waals surface area contributed by atoms with Crippen molar-refractivity contribution in [2.24, 2.45) is 0 Å². The van der Waals surface area contributed by atoms with Gasteiger partial charge in [-0.15, -0.1) is 0 Å². The van der Waals surface area contributed by atoms with Crippen LogP contribution in [0.25, 0.3) is 11.0 Å². The molecule has 8 heteroatoms. The van der Waals surface area contributed by atoms with Crippen LogP contribution >= 0.6 is 0 Å². The van der Waals surface area contributed by atoms with Crippen molar-refractivity contribution in [1.29, 1.82) is 0 Å². The van der Waals surface area contributed by atoms with Gasteiger partial charge >= 0.3 is 0 Å². The first-order valence-corrected chi connectivity index (χ1v) is 8.98. The lowest BCUT2D eigenvalue weighted by Gasteiger charge is -2.08. The molecule has 7 nitrogen and oxygen atoms in total. The predicted molar refractivity (Wildman–Crippen MR) is 88.8 cm³/mol. The minimum atomic E-state index is -3.24. The number of aromatic nitrogens is 2. The average Bonchev–Trinajstić information content (AvgIpc) is 2.52. The van der Waals surface area contributed by atoms with Crippen LogP contribution < -0.4 is 10.0 Å². The fourth-order valence-electron chi connectivity index (χ4n) is 1.96. The second-order valence-corrected chi connectivity index (χ2v) is 7.25. The van der Waals surface area contributed by atoms with Gasteiger partial charge in [-0.05, 0) is 39.0 Å². The molecule has 0 atom stereocenters. The number of hydrogen-bond donors (Lipinski definition) is 2. The molecule has 0 saturated heterocycles. The summed E-state index contributed by atoms with van der Waals surface area (Å²) in [6.07, 6.45) is 0. The minimum Gasteiger partial charge on any atom is -0.351 e. The molecule has 23 heavy (non-hydrogen) atoms. The third-order valence-corrected chi connectivity index (χ3v) is 4.85. The molecule has 2 aromatic rings. The van der Waals surface area contributed by atoms with E-state index in [1.54, 1.807) is 25.1 Å². The van der Waals surface area contributed by atoms with E-state index in [0.29, 0.717) is 11.1 Å². The molecule has 2 N–H and O–H groups in total. The first-order chi connectivity index (χ1) is 10.8. The normalized spacial score (nSPS) is 11.6. The molecule has 0 aliphatic rings. The van der Waals surface area contributed by atoms with Crippen LogP contribution in [0.5, 0.6) is 0 Å². The quantitative estimate of drug-likeness (QED) is 0.764. The molecular formula is C15H20N4O3S. The predicted octanol–water partition coefficient (Wildman–Crippen LogP) is 0.916. The lowest BCUT2D eigenvalue weighted by Crippen LogP contribution is -2.35. The SMILES string of the molecule is CCS(=O)(=O)NCCNC(=O)c1ccc2nc(C)c(C)nc2c1. The van der Waals surface area contributed by atoms with Crippen LogP contribution in [0, 0.1) is 13.8 Å². The Labute approximate surface area is 135 Å². The monoisotopic (exact) mass is 336 g/mol. The maximum atomic E-state index is 12.1. The smallest absolute Gasteiger partial charge is 0.251 e. The largest absolute Gasteiger partial charge is 0.351 e. The van der Waals surface area contributed by atoms with Gasteiger partial charge in [-0.1, -0.05) is 0 Å². The van der Waals surface area contributed by atoms with Crippen molar-refractivity contribution < 1.29 is 13.2 Å². The molecule has 2 rings (SSSR count). The highest BCUT2D eigenvalue weighted by Gasteiger charge is 2.09. The van der Waals surface area contributed by atoms with Gasteiger partial charge in [0, 0.05) is 18.7 Å². The topological polar surface area (TPSA) is 101 Å². The molecule has 124 valence electrons. The number of rotatable bonds is 6. The molecule has 1 amide bonds. The number of hydrogen-bond acceptors (Lipinski definition) is 5. The zero-order valence-electron chi connectivity index (χ0n) is 13.4. The van der Waals surface area contributed by atoms with Crippen LogP contribution in [0.4, 0.5) is 0 Å². The van der Waals surface area contributed by atoms with E-state index < -0.39 is 10.0 Å². The van der Waals surface area contributed by atoms with Crippen LogP contribution in [0.1, 0.15) is 28.7 Å². The molecule has 0 fully saturated rings. The number of sulfonamides is 1. The molecule has 0 aliphatic carbocycles. The molecule has 0 spiro atoms. The number of aryl methyl sites for hydroxylation is 2. The van der Waals surface area contributed by atoms with Gasteiger partial charge in [0.15, 0.2) is 0 Å². The highest BCUT2D eigenvalue weighted by molar-refractivity contribution is 7.89. The van der Waals surface area contributed by atoms with Crippen LogP contribution in [-0.4, -0.2) is 43.1 Å². The number of carbonyl (C=O) groups is 1. The molecule has 0 saturated carbocycles. The molecular weight excluding hydrogens is 316 g/mol. The Bertz CT molecular complexity index is 834. The number of nitrogens with zero attached hydrogens (tertiary/aromatic N) is 2. The second-order valence-electron chi connectivity index (χ2n) is 5.15. The van der Waals surface area contributed by atoms with Crippen LogP contribution in [0.2, 0.25) is 0 Å². The van der Waals surface area contributed by atoms with E-state index in [4.69, 9.17) is 0 Å². The Morgan fingerprint density at radius 1 is 1.09 bits per heavy atom. The maximum absolute atomic E-state index is 12.1. The van der Waals surface area contributed by atoms with Crippen molar-refractivity contribution in [2.75, 3.05) is 18.8 Å². The van der Waals surface area contributed by atoms with Gasteiger partial charge < -0.3 is 5.32 Å². The zero-order valence-corrected chi connectivity index (χ0v) is 14.2. The molecule has 0 aliphatic heterocycles. The first-order valence-electron chi connectivity index (χ1n) is 7.33. The number of carbonyl (C=O) groups excluding carboxylic acids is 1. The Morgan fingerprint density at radius 2 is 1.74 bits per heavy atom. The average molecular weight is 336 g/mol. The van der Waals surface area contributed by atoms with Gasteiger partial charge in [-0.2, -0.15) is 0 Å². The van der Waals surface area contributed by atoms with Crippen molar-refractivity contribution in [2.45, 2.75) is 20.8 Å². The number of amides is 1. The van der Waals surface area contributed by atoms with Gasteiger partial charge in [0.1, 0.15) is 0 Å². The van der Waals surface area contributed by atoms with E-state index in [-0.39, 0.29) is 24.7 Å². The maximum Gasteiger partial charge on any atom is 0.251 e. The van der Waals surface area contributed by atoms with E-state index in [1.807, 2.05) is 13.8 Å². The highest BCUT2D eigenvalue weighted by Crippen LogP contribution is 2.14. The summed E-state index contributed by atoms with van der Waals surface area (Å²) >= 11 is 0. The lowest BCUT2D eigenvalue weighted by atomic mass is 10.1. The first kappa shape index (κ1) is 17.3. The van der Waals surface area contributed by atoms with Crippen molar-refractivity contribution >= 4 is 27.0 Å². The summed E-state index contributed by atoms with van der Waals surface area (Å²) in [7, 11) is -3.24. The minimum absolute atomic E-state index is 0.0169.